The van der Waals surface area contributed by atoms with E-state index in [-0.39, 0.29) is 29.6 Å². The van der Waals surface area contributed by atoms with Crippen molar-refractivity contribution in [2.45, 2.75) is 156 Å². The SMILES string of the molecule is CCCCCCCCCCCCCC(=O)c1ccc2c3ccc4c5c(ccc(c6ccc(C(C)=O)c1c26)c53)C(=O)C(Cc1cccc(CCCCCCCC)c1)CC4=O. The second kappa shape index (κ2) is 20.0. The molecule has 0 aliphatic heterocycles. The Balaban J connectivity index is 1.15. The molecule has 0 amide bonds. The predicted octanol–water partition coefficient (Wildman–Crippen LogP) is 15.4. The molecule has 6 aromatic rings. The summed E-state index contributed by atoms with van der Waals surface area (Å²) in [6.45, 7) is 6.08. The first-order valence-electron chi connectivity index (χ1n) is 23.2. The third-order valence-electron chi connectivity index (χ3n) is 13.2. The van der Waals surface area contributed by atoms with E-state index in [4.69, 9.17) is 0 Å². The van der Waals surface area contributed by atoms with Crippen LogP contribution in [0.5, 0.6) is 0 Å². The molecule has 0 saturated heterocycles. The highest BCUT2D eigenvalue weighted by Gasteiger charge is 2.33. The molecule has 4 heteroatoms. The van der Waals surface area contributed by atoms with Gasteiger partial charge >= 0.3 is 0 Å². The third kappa shape index (κ3) is 9.38. The summed E-state index contributed by atoms with van der Waals surface area (Å²) in [6.07, 6.45) is 23.2. The average Bonchev–Trinajstić information content (AvgIpc) is 3.34. The van der Waals surface area contributed by atoms with E-state index in [1.807, 2.05) is 48.5 Å². The van der Waals surface area contributed by atoms with Gasteiger partial charge in [-0.2, -0.15) is 0 Å². The Bertz CT molecular complexity index is 2430. The fourth-order valence-electron chi connectivity index (χ4n) is 10.1. The number of unbranched alkanes of at least 4 members (excludes halogenated alkanes) is 15. The smallest absolute Gasteiger partial charge is 0.167 e. The van der Waals surface area contributed by atoms with Gasteiger partial charge in [0.1, 0.15) is 0 Å². The highest BCUT2D eigenvalue weighted by atomic mass is 16.1. The van der Waals surface area contributed by atoms with Crippen LogP contribution in [0.1, 0.15) is 195 Å². The number of hydrogen-bond donors (Lipinski definition) is 0. The lowest BCUT2D eigenvalue weighted by molar-refractivity contribution is 0.0859. The minimum absolute atomic E-state index is 0.000240. The van der Waals surface area contributed by atoms with Crippen LogP contribution < -0.4 is 0 Å². The normalized spacial score (nSPS) is 14.3. The average molecular weight is 789 g/mol. The van der Waals surface area contributed by atoms with Crippen LogP contribution in [0, 0.1) is 5.92 Å². The van der Waals surface area contributed by atoms with Crippen molar-refractivity contribution in [3.8, 4) is 0 Å². The molecule has 1 aliphatic rings. The molecule has 0 bridgehead atoms. The van der Waals surface area contributed by atoms with Crippen LogP contribution in [0.2, 0.25) is 0 Å². The van der Waals surface area contributed by atoms with E-state index in [9.17, 15) is 19.2 Å². The molecule has 0 spiro atoms. The zero-order valence-electron chi connectivity index (χ0n) is 36.0. The van der Waals surface area contributed by atoms with Crippen LogP contribution in [0.25, 0.3) is 43.1 Å². The molecule has 0 aromatic heterocycles. The number of Topliss-reactive ketones (excluding diaryl/α,β-unsaturated/α-hetero) is 4. The van der Waals surface area contributed by atoms with E-state index in [0.717, 1.165) is 74.3 Å². The fourth-order valence-corrected chi connectivity index (χ4v) is 10.1. The van der Waals surface area contributed by atoms with Crippen molar-refractivity contribution in [1.29, 1.82) is 0 Å². The first-order chi connectivity index (χ1) is 28.8. The molecule has 1 unspecified atom stereocenters. The minimum atomic E-state index is -0.442. The van der Waals surface area contributed by atoms with Crippen molar-refractivity contribution >= 4 is 66.2 Å². The number of rotatable bonds is 23. The van der Waals surface area contributed by atoms with Gasteiger partial charge < -0.3 is 0 Å². The van der Waals surface area contributed by atoms with Crippen LogP contribution in [-0.4, -0.2) is 23.1 Å². The second-order valence-corrected chi connectivity index (χ2v) is 17.6. The maximum absolute atomic E-state index is 14.6. The molecule has 7 rings (SSSR count). The van der Waals surface area contributed by atoms with Gasteiger partial charge in [0.05, 0.1) is 0 Å². The first kappa shape index (κ1) is 42.4. The summed E-state index contributed by atoms with van der Waals surface area (Å²) in [5, 5.41) is 7.01. The van der Waals surface area contributed by atoms with Gasteiger partial charge in [-0.25, -0.2) is 0 Å². The predicted molar refractivity (Wildman–Crippen MR) is 247 cm³/mol. The number of aryl methyl sites for hydroxylation is 1. The Morgan fingerprint density at radius 2 is 1.03 bits per heavy atom. The van der Waals surface area contributed by atoms with Crippen LogP contribution in [0.15, 0.2) is 72.8 Å². The number of ketones is 4. The number of carbonyl (C=O) groups excluding carboxylic acids is 4. The van der Waals surface area contributed by atoms with Gasteiger partial charge in [0.25, 0.3) is 0 Å². The van der Waals surface area contributed by atoms with Crippen LogP contribution in [-0.2, 0) is 12.8 Å². The van der Waals surface area contributed by atoms with E-state index in [0.29, 0.717) is 35.1 Å². The van der Waals surface area contributed by atoms with Gasteiger partial charge in [0, 0.05) is 51.8 Å². The molecule has 308 valence electrons. The van der Waals surface area contributed by atoms with Crippen molar-refractivity contribution in [3.63, 3.8) is 0 Å². The van der Waals surface area contributed by atoms with Gasteiger partial charge in [0.2, 0.25) is 0 Å². The van der Waals surface area contributed by atoms with E-state index in [1.165, 1.54) is 95.5 Å². The van der Waals surface area contributed by atoms with Gasteiger partial charge in [-0.05, 0) is 76.1 Å². The van der Waals surface area contributed by atoms with E-state index >= 15 is 0 Å². The molecule has 0 radical (unpaired) electrons. The van der Waals surface area contributed by atoms with Gasteiger partial charge in [-0.1, -0.05) is 183 Å². The molecule has 1 atom stereocenters. The van der Waals surface area contributed by atoms with Crippen molar-refractivity contribution in [2.24, 2.45) is 5.92 Å². The number of fused-ring (bicyclic) bond motifs is 2. The Morgan fingerprint density at radius 1 is 0.525 bits per heavy atom. The Morgan fingerprint density at radius 3 is 1.64 bits per heavy atom. The lowest BCUT2D eigenvalue weighted by Gasteiger charge is -2.19. The van der Waals surface area contributed by atoms with Crippen molar-refractivity contribution in [3.05, 3.63) is 106 Å². The molecule has 0 heterocycles. The van der Waals surface area contributed by atoms with Crippen molar-refractivity contribution in [2.75, 3.05) is 0 Å². The highest BCUT2D eigenvalue weighted by Crippen LogP contribution is 2.46. The van der Waals surface area contributed by atoms with E-state index in [2.05, 4.69) is 38.1 Å². The molecular weight excluding hydrogens is 725 g/mol. The van der Waals surface area contributed by atoms with Gasteiger partial charge in [-0.15, -0.1) is 0 Å². The van der Waals surface area contributed by atoms with Crippen molar-refractivity contribution in [1.82, 2.24) is 0 Å². The zero-order valence-corrected chi connectivity index (χ0v) is 36.0. The second-order valence-electron chi connectivity index (χ2n) is 17.6. The summed E-state index contributed by atoms with van der Waals surface area (Å²) < 4.78 is 0. The summed E-state index contributed by atoms with van der Waals surface area (Å²) >= 11 is 0. The molecule has 0 N–H and O–H groups in total. The quantitative estimate of drug-likeness (QED) is 0.0281. The maximum Gasteiger partial charge on any atom is 0.167 e. The maximum atomic E-state index is 14.6. The van der Waals surface area contributed by atoms with E-state index < -0.39 is 5.92 Å². The fraction of sp³-hybridized carbons (Fsp3) is 0.455. The van der Waals surface area contributed by atoms with Crippen LogP contribution >= 0.6 is 0 Å². The summed E-state index contributed by atoms with van der Waals surface area (Å²) in [7, 11) is 0. The van der Waals surface area contributed by atoms with Gasteiger partial charge in [-0.3, -0.25) is 19.2 Å². The summed E-state index contributed by atoms with van der Waals surface area (Å²) in [5.41, 5.74) is 4.79. The molecule has 0 fully saturated rings. The first-order valence-corrected chi connectivity index (χ1v) is 23.2. The molecular formula is C55H64O4. The summed E-state index contributed by atoms with van der Waals surface area (Å²) in [5.74, 6) is -0.411. The van der Waals surface area contributed by atoms with Crippen molar-refractivity contribution < 1.29 is 19.2 Å². The minimum Gasteiger partial charge on any atom is -0.294 e. The Labute approximate surface area is 351 Å². The number of hydrogen-bond acceptors (Lipinski definition) is 4. The lowest BCUT2D eigenvalue weighted by Crippen LogP contribution is -2.19. The molecule has 59 heavy (non-hydrogen) atoms. The summed E-state index contributed by atoms with van der Waals surface area (Å²) in [6, 6.07) is 24.3. The molecule has 4 nitrogen and oxygen atoms in total. The zero-order chi connectivity index (χ0) is 41.3. The van der Waals surface area contributed by atoms with Crippen LogP contribution in [0.3, 0.4) is 0 Å². The topological polar surface area (TPSA) is 68.3 Å². The summed E-state index contributed by atoms with van der Waals surface area (Å²) in [4.78, 5) is 55.9. The third-order valence-corrected chi connectivity index (χ3v) is 13.2. The monoisotopic (exact) mass is 788 g/mol. The molecule has 0 saturated carbocycles. The van der Waals surface area contributed by atoms with Crippen LogP contribution in [0.4, 0.5) is 0 Å². The Kier molecular flexibility index (Phi) is 14.4. The number of carbonyl (C=O) groups is 4. The Hall–Kier alpha value is -4.70. The van der Waals surface area contributed by atoms with E-state index in [1.54, 1.807) is 6.92 Å². The molecule has 6 aromatic carbocycles. The lowest BCUT2D eigenvalue weighted by atomic mass is 9.82. The highest BCUT2D eigenvalue weighted by molar-refractivity contribution is 6.39. The van der Waals surface area contributed by atoms with Gasteiger partial charge in [0.15, 0.2) is 23.1 Å². The standard InChI is InChI=1S/C55H64O4/c1-4-6-8-10-12-13-14-15-16-18-20-25-49(57)46-31-28-43-44-29-32-47-50(58)36-40(35-39-24-21-23-38(34-39)22-19-17-11-9-7-5-2)55(59)48-33-30-45(53(44)54(47)48)42-27-26-41(37(3)56)51(46)52(42)43/h21,23-24,26-34,40H,4-20,22,25,35-36H2,1-3H3. The number of benzene rings is 6. The molecule has 1 aliphatic carbocycles. The largest absolute Gasteiger partial charge is 0.294 e.